The molecular weight excluding hydrogens is 446 g/mol. The number of hydrogen-bond donors (Lipinski definition) is 1. The Morgan fingerprint density at radius 2 is 1.64 bits per heavy atom. The van der Waals surface area contributed by atoms with Gasteiger partial charge in [0.05, 0.1) is 18.2 Å². The highest BCUT2D eigenvalue weighted by molar-refractivity contribution is 6.06. The molecular formula is C31H21N3O2. The first-order chi connectivity index (χ1) is 17.6. The van der Waals surface area contributed by atoms with Crippen molar-refractivity contribution in [1.82, 2.24) is 0 Å². The van der Waals surface area contributed by atoms with E-state index >= 15 is 0 Å². The fourth-order valence-corrected chi connectivity index (χ4v) is 5.91. The smallest absolute Gasteiger partial charge is 0.185 e. The van der Waals surface area contributed by atoms with Gasteiger partial charge in [0.1, 0.15) is 11.8 Å². The highest BCUT2D eigenvalue weighted by atomic mass is 16.3. The van der Waals surface area contributed by atoms with Crippen molar-refractivity contribution < 1.29 is 9.90 Å². The molecule has 0 spiro atoms. The molecule has 2 heterocycles. The summed E-state index contributed by atoms with van der Waals surface area (Å²) in [5.41, 5.74) is 1.31. The van der Waals surface area contributed by atoms with Crippen molar-refractivity contribution in [1.29, 1.82) is 10.5 Å². The predicted octanol–water partition coefficient (Wildman–Crippen LogP) is 5.83. The zero-order valence-electron chi connectivity index (χ0n) is 19.2. The summed E-state index contributed by atoms with van der Waals surface area (Å²) in [4.78, 5) is 16.2. The normalized spacial score (nSPS) is 21.3. The van der Waals surface area contributed by atoms with Crippen molar-refractivity contribution in [2.75, 3.05) is 4.90 Å². The number of Topliss-reactive ketones (excluding diaryl/α,β-unsaturated/α-hetero) is 1. The van der Waals surface area contributed by atoms with Gasteiger partial charge in [-0.25, -0.2) is 0 Å². The van der Waals surface area contributed by atoms with Crippen LogP contribution in [-0.4, -0.2) is 23.0 Å². The average Bonchev–Trinajstić information content (AvgIpc) is 3.24. The molecule has 0 aromatic heterocycles. The van der Waals surface area contributed by atoms with Gasteiger partial charge in [0.25, 0.3) is 0 Å². The third-order valence-corrected chi connectivity index (χ3v) is 7.47. The zero-order chi connectivity index (χ0) is 24.9. The van der Waals surface area contributed by atoms with Crippen LogP contribution in [0, 0.1) is 28.1 Å². The summed E-state index contributed by atoms with van der Waals surface area (Å²) in [6.45, 7) is 0. The third kappa shape index (κ3) is 2.97. The Morgan fingerprint density at radius 3 is 2.39 bits per heavy atom. The Morgan fingerprint density at radius 1 is 0.889 bits per heavy atom. The zero-order valence-corrected chi connectivity index (χ0v) is 19.2. The van der Waals surface area contributed by atoms with Crippen molar-refractivity contribution in [2.24, 2.45) is 5.41 Å². The van der Waals surface area contributed by atoms with Crippen LogP contribution in [0.4, 0.5) is 5.69 Å². The SMILES string of the molecule is N#CC1(C#N)[C@H](c2cccc(O)c2)[C@@H](C(=O)c2ccccc2)N2c3ccc4ccccc4c3C=C[C@H]21. The third-order valence-electron chi connectivity index (χ3n) is 7.47. The number of phenolic OH excluding ortho intramolecular Hbond substituents is 1. The Kier molecular flexibility index (Phi) is 4.88. The van der Waals surface area contributed by atoms with Gasteiger partial charge < -0.3 is 10.0 Å². The molecule has 36 heavy (non-hydrogen) atoms. The highest BCUT2D eigenvalue weighted by Gasteiger charge is 2.63. The number of fused-ring (bicyclic) bond motifs is 5. The Hall–Kier alpha value is -4.87. The molecule has 4 aromatic rings. The Balaban J connectivity index is 1.65. The minimum absolute atomic E-state index is 0.0231. The number of hydrogen-bond acceptors (Lipinski definition) is 5. The molecule has 1 fully saturated rings. The number of benzene rings is 4. The molecule has 3 atom stereocenters. The standard InChI is InChI=1S/C31H21N3O2/c32-18-31(19-33)27-16-14-25-24-12-5-4-7-20(24)13-15-26(25)34(27)29(30(36)21-8-2-1-3-9-21)28(31)22-10-6-11-23(35)17-22/h1-17,27-29,35H/t27-,28+,29-/m0/s1. The number of phenols is 1. The molecule has 0 radical (unpaired) electrons. The molecule has 6 rings (SSSR count). The second-order valence-electron chi connectivity index (χ2n) is 9.27. The molecule has 172 valence electrons. The molecule has 1 N–H and O–H groups in total. The number of ketones is 1. The number of carbonyl (C=O) groups is 1. The van der Waals surface area contributed by atoms with Crippen LogP contribution in [0.25, 0.3) is 16.8 Å². The van der Waals surface area contributed by atoms with Crippen LogP contribution in [0.3, 0.4) is 0 Å². The summed E-state index contributed by atoms with van der Waals surface area (Å²) < 4.78 is 0. The van der Waals surface area contributed by atoms with Gasteiger partial charge in [-0.15, -0.1) is 0 Å². The van der Waals surface area contributed by atoms with Crippen LogP contribution in [0.1, 0.15) is 27.4 Å². The molecule has 4 aromatic carbocycles. The minimum atomic E-state index is -1.55. The van der Waals surface area contributed by atoms with E-state index in [4.69, 9.17) is 0 Å². The van der Waals surface area contributed by atoms with E-state index in [0.717, 1.165) is 22.0 Å². The lowest BCUT2D eigenvalue weighted by molar-refractivity contribution is 0.0951. The van der Waals surface area contributed by atoms with Gasteiger partial charge in [0.15, 0.2) is 11.2 Å². The van der Waals surface area contributed by atoms with E-state index in [-0.39, 0.29) is 11.5 Å². The molecule has 5 heteroatoms. The predicted molar refractivity (Wildman–Crippen MR) is 138 cm³/mol. The van der Waals surface area contributed by atoms with E-state index in [1.165, 1.54) is 0 Å². The number of anilines is 1. The summed E-state index contributed by atoms with van der Waals surface area (Å²) in [5, 5.41) is 33.5. The summed E-state index contributed by atoms with van der Waals surface area (Å²) in [6, 6.07) is 30.7. The van der Waals surface area contributed by atoms with Crippen LogP contribution in [-0.2, 0) is 0 Å². The number of nitriles is 2. The summed E-state index contributed by atoms with van der Waals surface area (Å²) >= 11 is 0. The van der Waals surface area contributed by atoms with Crippen molar-refractivity contribution in [3.63, 3.8) is 0 Å². The molecule has 0 bridgehead atoms. The van der Waals surface area contributed by atoms with Crippen molar-refractivity contribution >= 4 is 28.3 Å². The molecule has 0 amide bonds. The van der Waals surface area contributed by atoms with Crippen molar-refractivity contribution in [3.05, 3.63) is 114 Å². The van der Waals surface area contributed by atoms with E-state index in [1.54, 1.807) is 36.4 Å². The van der Waals surface area contributed by atoms with Crippen LogP contribution in [0.5, 0.6) is 5.75 Å². The second-order valence-corrected chi connectivity index (χ2v) is 9.27. The molecule has 2 aliphatic rings. The molecule has 2 aliphatic heterocycles. The maximum absolute atomic E-state index is 14.2. The Labute approximate surface area is 208 Å². The number of nitrogens with zero attached hydrogens (tertiary/aromatic N) is 3. The lowest BCUT2D eigenvalue weighted by Crippen LogP contribution is -2.44. The molecule has 5 nitrogen and oxygen atoms in total. The first-order valence-electron chi connectivity index (χ1n) is 11.8. The summed E-state index contributed by atoms with van der Waals surface area (Å²) in [5.74, 6) is -0.940. The van der Waals surface area contributed by atoms with E-state index in [2.05, 4.69) is 12.1 Å². The van der Waals surface area contributed by atoms with Gasteiger partial charge in [-0.2, -0.15) is 10.5 Å². The van der Waals surface area contributed by atoms with E-state index in [0.29, 0.717) is 11.1 Å². The van der Waals surface area contributed by atoms with Crippen LogP contribution >= 0.6 is 0 Å². The molecule has 0 aliphatic carbocycles. The van der Waals surface area contributed by atoms with Gasteiger partial charge >= 0.3 is 0 Å². The van der Waals surface area contributed by atoms with E-state index < -0.39 is 23.4 Å². The van der Waals surface area contributed by atoms with E-state index in [9.17, 15) is 20.4 Å². The molecule has 0 unspecified atom stereocenters. The van der Waals surface area contributed by atoms with Crippen LogP contribution < -0.4 is 4.90 Å². The summed E-state index contributed by atoms with van der Waals surface area (Å²) in [6.07, 6.45) is 3.85. The minimum Gasteiger partial charge on any atom is -0.508 e. The quantitative estimate of drug-likeness (QED) is 0.383. The topological polar surface area (TPSA) is 88.1 Å². The van der Waals surface area contributed by atoms with Crippen LogP contribution in [0.15, 0.2) is 97.1 Å². The van der Waals surface area contributed by atoms with Crippen molar-refractivity contribution in [2.45, 2.75) is 18.0 Å². The van der Waals surface area contributed by atoms with Gasteiger partial charge in [-0.1, -0.05) is 84.9 Å². The Bertz CT molecular complexity index is 1610. The number of carbonyl (C=O) groups excluding carboxylic acids is 1. The molecule has 1 saturated heterocycles. The van der Waals surface area contributed by atoms with Crippen LogP contribution in [0.2, 0.25) is 0 Å². The first-order valence-corrected chi connectivity index (χ1v) is 11.8. The molecule has 0 saturated carbocycles. The maximum atomic E-state index is 14.2. The van der Waals surface area contributed by atoms with Gasteiger partial charge in [0.2, 0.25) is 0 Å². The fourth-order valence-electron chi connectivity index (χ4n) is 5.91. The summed E-state index contributed by atoms with van der Waals surface area (Å²) in [7, 11) is 0. The first kappa shape index (κ1) is 21.6. The average molecular weight is 468 g/mol. The lowest BCUT2D eigenvalue weighted by atomic mass is 9.69. The van der Waals surface area contributed by atoms with Crippen molar-refractivity contribution in [3.8, 4) is 17.9 Å². The van der Waals surface area contributed by atoms with Gasteiger partial charge in [-0.05, 0) is 34.5 Å². The van der Waals surface area contributed by atoms with Gasteiger partial charge in [0, 0.05) is 22.7 Å². The largest absolute Gasteiger partial charge is 0.508 e. The lowest BCUT2D eigenvalue weighted by Gasteiger charge is -2.36. The number of aromatic hydroxyl groups is 1. The maximum Gasteiger partial charge on any atom is 0.185 e. The highest BCUT2D eigenvalue weighted by Crippen LogP contribution is 2.56. The van der Waals surface area contributed by atoms with E-state index in [1.807, 2.05) is 71.6 Å². The van der Waals surface area contributed by atoms with Gasteiger partial charge in [-0.3, -0.25) is 4.79 Å². The number of rotatable bonds is 3. The fraction of sp³-hybridized carbons (Fsp3) is 0.129. The second kappa shape index (κ2) is 8.12. The monoisotopic (exact) mass is 467 g/mol.